The Hall–Kier alpha value is -3.44. The van der Waals surface area contributed by atoms with Crippen LogP contribution in [0.3, 0.4) is 0 Å². The molecule has 0 saturated carbocycles. The predicted octanol–water partition coefficient (Wildman–Crippen LogP) is 6.69. The van der Waals surface area contributed by atoms with E-state index in [0.717, 1.165) is 16.8 Å². The fourth-order valence-electron chi connectivity index (χ4n) is 3.69. The van der Waals surface area contributed by atoms with Crippen LogP contribution in [0.25, 0.3) is 0 Å². The van der Waals surface area contributed by atoms with Gasteiger partial charge >= 0.3 is 0 Å². The minimum absolute atomic E-state index is 0.315. The minimum Gasteiger partial charge on any atom is -0.344 e. The molecule has 4 aromatic rings. The molecule has 0 saturated heterocycles. The normalized spacial score (nSPS) is 10.6. The fourth-order valence-corrected chi connectivity index (χ4v) is 4.35. The maximum Gasteiger partial charge on any atom is 0.173 e. The Balaban J connectivity index is 1.50. The number of rotatable bonds is 8. The molecule has 0 radical (unpaired) electrons. The molecule has 1 aromatic heterocycles. The van der Waals surface area contributed by atoms with Crippen LogP contribution >= 0.6 is 35.4 Å². The lowest BCUT2D eigenvalue weighted by molar-refractivity contribution is 0.418. The van der Waals surface area contributed by atoms with E-state index in [1.807, 2.05) is 47.5 Å². The first-order valence-electron chi connectivity index (χ1n) is 11.2. The van der Waals surface area contributed by atoms with Gasteiger partial charge in [0.25, 0.3) is 0 Å². The molecule has 9 heteroatoms. The van der Waals surface area contributed by atoms with Crippen molar-refractivity contribution in [3.8, 4) is 6.07 Å². The Labute approximate surface area is 224 Å². The molecule has 0 spiro atoms. The first-order chi connectivity index (χ1) is 17.4. The number of aromatic nitrogens is 2. The van der Waals surface area contributed by atoms with Crippen LogP contribution < -0.4 is 5.32 Å². The second kappa shape index (κ2) is 12.0. The van der Waals surface area contributed by atoms with Crippen LogP contribution in [0, 0.1) is 17.1 Å². The maximum atomic E-state index is 13.3. The molecule has 0 aliphatic heterocycles. The summed E-state index contributed by atoms with van der Waals surface area (Å²) in [4.78, 5) is 6.33. The van der Waals surface area contributed by atoms with Crippen molar-refractivity contribution in [2.24, 2.45) is 0 Å². The minimum atomic E-state index is -0.315. The molecule has 0 aliphatic carbocycles. The van der Waals surface area contributed by atoms with Gasteiger partial charge in [0.15, 0.2) is 5.11 Å². The lowest BCUT2D eigenvalue weighted by atomic mass is 10.1. The molecular weight excluding hydrogens is 516 g/mol. The predicted molar refractivity (Wildman–Crippen MR) is 146 cm³/mol. The molecule has 4 rings (SSSR count). The monoisotopic (exact) mass is 537 g/mol. The van der Waals surface area contributed by atoms with Gasteiger partial charge in [-0.25, -0.2) is 9.37 Å². The molecule has 1 N–H and O–H groups in total. The Morgan fingerprint density at radius 1 is 1.08 bits per heavy atom. The van der Waals surface area contributed by atoms with E-state index >= 15 is 0 Å². The van der Waals surface area contributed by atoms with E-state index in [1.165, 1.54) is 12.1 Å². The summed E-state index contributed by atoms with van der Waals surface area (Å²) in [5.74, 6) is -0.315. The van der Waals surface area contributed by atoms with E-state index < -0.39 is 0 Å². The quantitative estimate of drug-likeness (QED) is 0.253. The van der Waals surface area contributed by atoms with Crippen molar-refractivity contribution >= 4 is 46.2 Å². The van der Waals surface area contributed by atoms with Gasteiger partial charge in [0.1, 0.15) is 5.82 Å². The zero-order valence-electron chi connectivity index (χ0n) is 19.2. The summed E-state index contributed by atoms with van der Waals surface area (Å²) in [6, 6.07) is 21.2. The molecule has 0 fully saturated rings. The molecular formula is C27H22Cl2FN5S. The number of nitriles is 1. The summed E-state index contributed by atoms with van der Waals surface area (Å²) in [6.45, 7) is 1.66. The molecule has 5 nitrogen and oxygen atoms in total. The van der Waals surface area contributed by atoms with Crippen LogP contribution in [0.5, 0.6) is 0 Å². The number of nitrogens with zero attached hydrogens (tertiary/aromatic N) is 4. The van der Waals surface area contributed by atoms with Gasteiger partial charge < -0.3 is 14.8 Å². The second-order valence-corrected chi connectivity index (χ2v) is 9.32. The number of halogens is 3. The summed E-state index contributed by atoms with van der Waals surface area (Å²) in [7, 11) is 0. The molecule has 0 amide bonds. The molecule has 0 unspecified atom stereocenters. The van der Waals surface area contributed by atoms with Crippen LogP contribution in [-0.4, -0.2) is 26.1 Å². The van der Waals surface area contributed by atoms with Gasteiger partial charge in [-0.2, -0.15) is 5.26 Å². The second-order valence-electron chi connectivity index (χ2n) is 8.14. The summed E-state index contributed by atoms with van der Waals surface area (Å²) in [5.41, 5.74) is 4.27. The molecule has 0 aliphatic rings. The van der Waals surface area contributed by atoms with Gasteiger partial charge in [-0.05, 0) is 65.8 Å². The van der Waals surface area contributed by atoms with Crippen LogP contribution in [0.2, 0.25) is 10.0 Å². The molecule has 0 bridgehead atoms. The third kappa shape index (κ3) is 6.61. The zero-order chi connectivity index (χ0) is 25.5. The van der Waals surface area contributed by atoms with Crippen molar-refractivity contribution in [2.75, 3.05) is 11.9 Å². The Morgan fingerprint density at radius 2 is 1.83 bits per heavy atom. The molecule has 0 atom stereocenters. The summed E-state index contributed by atoms with van der Waals surface area (Å²) in [6.07, 6.45) is 4.30. The lowest BCUT2D eigenvalue weighted by Crippen LogP contribution is -2.36. The molecule has 182 valence electrons. The number of thiocarbonyl (C=S) groups is 1. The van der Waals surface area contributed by atoms with Crippen LogP contribution in [-0.2, 0) is 19.5 Å². The Bertz CT molecular complexity index is 1380. The van der Waals surface area contributed by atoms with Crippen molar-refractivity contribution in [2.45, 2.75) is 19.5 Å². The van der Waals surface area contributed by atoms with Crippen molar-refractivity contribution in [3.63, 3.8) is 0 Å². The first kappa shape index (κ1) is 25.6. The van der Waals surface area contributed by atoms with Crippen LogP contribution in [0.15, 0.2) is 79.3 Å². The smallest absolute Gasteiger partial charge is 0.173 e. The third-order valence-electron chi connectivity index (χ3n) is 5.65. The average Bonchev–Trinajstić information content (AvgIpc) is 3.32. The summed E-state index contributed by atoms with van der Waals surface area (Å²) < 4.78 is 15.4. The Morgan fingerprint density at radius 3 is 2.56 bits per heavy atom. The van der Waals surface area contributed by atoms with Crippen molar-refractivity contribution in [3.05, 3.63) is 118 Å². The number of benzene rings is 3. The van der Waals surface area contributed by atoms with Gasteiger partial charge in [-0.1, -0.05) is 47.5 Å². The highest BCUT2D eigenvalue weighted by Gasteiger charge is 2.15. The number of anilines is 1. The number of nitrogens with one attached hydrogen (secondary N) is 1. The standard InChI is InChI=1S/C27H22Cl2FN5S/c28-25-3-1-2-21(26(25)29)17-34(27(36)33-23-10-8-22(30)9-11-23)13-12-24-15-32-18-35(24)16-20-6-4-19(14-31)5-7-20/h1-11,15,18H,12-13,16-17H2,(H,33,36). The number of hydrogen-bond donors (Lipinski definition) is 1. The van der Waals surface area contributed by atoms with Gasteiger partial charge in [-0.15, -0.1) is 0 Å². The van der Waals surface area contributed by atoms with E-state index in [1.54, 1.807) is 24.5 Å². The maximum absolute atomic E-state index is 13.3. The molecule has 1 heterocycles. The van der Waals surface area contributed by atoms with E-state index in [0.29, 0.717) is 52.5 Å². The Kier molecular flexibility index (Phi) is 8.55. The van der Waals surface area contributed by atoms with Crippen LogP contribution in [0.4, 0.5) is 10.1 Å². The molecule has 3 aromatic carbocycles. The highest BCUT2D eigenvalue weighted by molar-refractivity contribution is 7.80. The van der Waals surface area contributed by atoms with E-state index in [2.05, 4.69) is 20.9 Å². The summed E-state index contributed by atoms with van der Waals surface area (Å²) in [5, 5.41) is 13.7. The SMILES string of the molecule is N#Cc1ccc(Cn2cncc2CCN(Cc2cccc(Cl)c2Cl)C(=S)Nc2ccc(F)cc2)cc1. The van der Waals surface area contributed by atoms with Crippen molar-refractivity contribution in [1.29, 1.82) is 5.26 Å². The highest BCUT2D eigenvalue weighted by atomic mass is 35.5. The molecule has 36 heavy (non-hydrogen) atoms. The van der Waals surface area contributed by atoms with Gasteiger partial charge in [-0.3, -0.25) is 0 Å². The van der Waals surface area contributed by atoms with Crippen LogP contribution in [0.1, 0.15) is 22.4 Å². The fraction of sp³-hybridized carbons (Fsp3) is 0.148. The number of hydrogen-bond acceptors (Lipinski definition) is 3. The van der Waals surface area contributed by atoms with Gasteiger partial charge in [0.05, 0.1) is 28.0 Å². The van der Waals surface area contributed by atoms with Crippen molar-refractivity contribution < 1.29 is 4.39 Å². The summed E-state index contributed by atoms with van der Waals surface area (Å²) >= 11 is 18.4. The van der Waals surface area contributed by atoms with E-state index in [-0.39, 0.29) is 5.82 Å². The van der Waals surface area contributed by atoms with Gasteiger partial charge in [0, 0.05) is 43.6 Å². The largest absolute Gasteiger partial charge is 0.344 e. The topological polar surface area (TPSA) is 56.9 Å². The van der Waals surface area contributed by atoms with E-state index in [4.69, 9.17) is 40.7 Å². The average molecular weight is 538 g/mol. The third-order valence-corrected chi connectivity index (χ3v) is 6.87. The van der Waals surface area contributed by atoms with Gasteiger partial charge in [0.2, 0.25) is 0 Å². The highest BCUT2D eigenvalue weighted by Crippen LogP contribution is 2.27. The number of imidazole rings is 1. The van der Waals surface area contributed by atoms with E-state index in [9.17, 15) is 4.39 Å². The first-order valence-corrected chi connectivity index (χ1v) is 12.3. The lowest BCUT2D eigenvalue weighted by Gasteiger charge is -2.27. The zero-order valence-corrected chi connectivity index (χ0v) is 21.5. The van der Waals surface area contributed by atoms with Crippen molar-refractivity contribution in [1.82, 2.24) is 14.5 Å².